The summed E-state index contributed by atoms with van der Waals surface area (Å²) in [6.07, 6.45) is 0.786. The maximum Gasteiger partial charge on any atom is 0.342 e. The predicted octanol–water partition coefficient (Wildman–Crippen LogP) is 2.79. The van der Waals surface area contributed by atoms with E-state index in [2.05, 4.69) is 0 Å². The molecule has 1 heterocycles. The quantitative estimate of drug-likeness (QED) is 0.878. The Morgan fingerprint density at radius 1 is 1.22 bits per heavy atom. The Morgan fingerprint density at radius 3 is 2.78 bits per heavy atom. The number of para-hydroxylation sites is 1. The van der Waals surface area contributed by atoms with E-state index in [4.69, 9.17) is 16.3 Å². The lowest BCUT2D eigenvalue weighted by Crippen LogP contribution is -2.33. The molecule has 1 aliphatic heterocycles. The molecule has 1 aliphatic rings. The lowest BCUT2D eigenvalue weighted by atomic mass is 10.2. The third kappa shape index (κ3) is 3.14. The second-order valence-electron chi connectivity index (χ2n) is 5.16. The van der Waals surface area contributed by atoms with Crippen molar-refractivity contribution in [3.63, 3.8) is 0 Å². The molecule has 1 N–H and O–H groups in total. The highest BCUT2D eigenvalue weighted by Crippen LogP contribution is 2.27. The molecule has 0 unspecified atom stereocenters. The summed E-state index contributed by atoms with van der Waals surface area (Å²) >= 11 is 5.71. The summed E-state index contributed by atoms with van der Waals surface area (Å²) in [5.74, 6) is -1.33. The lowest BCUT2D eigenvalue weighted by Gasteiger charge is -2.17. The van der Waals surface area contributed by atoms with Crippen molar-refractivity contribution < 1.29 is 19.4 Å². The van der Waals surface area contributed by atoms with Gasteiger partial charge >= 0.3 is 5.97 Å². The zero-order valence-corrected chi connectivity index (χ0v) is 12.9. The van der Waals surface area contributed by atoms with Crippen LogP contribution in [0.1, 0.15) is 15.9 Å². The summed E-state index contributed by atoms with van der Waals surface area (Å²) in [4.78, 5) is 25.8. The SMILES string of the molecule is O=C(OCC(=O)N1CCc2ccccc21)c1ccc(Cl)cc1O. The van der Waals surface area contributed by atoms with Gasteiger partial charge < -0.3 is 14.7 Å². The summed E-state index contributed by atoms with van der Waals surface area (Å²) in [5.41, 5.74) is 1.93. The number of esters is 1. The Hall–Kier alpha value is -2.53. The predicted molar refractivity (Wildman–Crippen MR) is 85.9 cm³/mol. The number of phenols is 1. The minimum atomic E-state index is -0.764. The Morgan fingerprint density at radius 2 is 2.00 bits per heavy atom. The number of anilines is 1. The fraction of sp³-hybridized carbons (Fsp3) is 0.176. The molecular formula is C17H14ClNO4. The van der Waals surface area contributed by atoms with Crippen molar-refractivity contribution in [3.8, 4) is 5.75 Å². The molecular weight excluding hydrogens is 318 g/mol. The summed E-state index contributed by atoms with van der Waals surface area (Å²) < 4.78 is 5.00. The van der Waals surface area contributed by atoms with Crippen LogP contribution < -0.4 is 4.90 Å². The maximum atomic E-state index is 12.2. The van der Waals surface area contributed by atoms with Gasteiger partial charge in [-0.2, -0.15) is 0 Å². The van der Waals surface area contributed by atoms with Gasteiger partial charge in [0.15, 0.2) is 6.61 Å². The summed E-state index contributed by atoms with van der Waals surface area (Å²) in [7, 11) is 0. The minimum Gasteiger partial charge on any atom is -0.507 e. The monoisotopic (exact) mass is 331 g/mol. The first-order valence-electron chi connectivity index (χ1n) is 7.10. The first-order valence-corrected chi connectivity index (χ1v) is 7.48. The number of rotatable bonds is 3. The van der Waals surface area contributed by atoms with E-state index in [1.807, 2.05) is 24.3 Å². The molecule has 3 rings (SSSR count). The van der Waals surface area contributed by atoms with Crippen LogP contribution in [0.4, 0.5) is 5.69 Å². The molecule has 6 heteroatoms. The normalized spacial score (nSPS) is 12.8. The zero-order chi connectivity index (χ0) is 16.4. The number of fused-ring (bicyclic) bond motifs is 1. The van der Waals surface area contributed by atoms with Crippen molar-refractivity contribution in [3.05, 3.63) is 58.6 Å². The molecule has 2 aromatic carbocycles. The highest BCUT2D eigenvalue weighted by molar-refractivity contribution is 6.30. The fourth-order valence-corrected chi connectivity index (χ4v) is 2.72. The third-order valence-electron chi connectivity index (χ3n) is 3.69. The number of hydrogen-bond acceptors (Lipinski definition) is 4. The van der Waals surface area contributed by atoms with Gasteiger partial charge in [0, 0.05) is 17.3 Å². The average Bonchev–Trinajstić information content (AvgIpc) is 2.96. The van der Waals surface area contributed by atoms with Gasteiger partial charge in [0.25, 0.3) is 5.91 Å². The van der Waals surface area contributed by atoms with Crippen LogP contribution in [-0.2, 0) is 16.0 Å². The average molecular weight is 332 g/mol. The number of ether oxygens (including phenoxy) is 1. The van der Waals surface area contributed by atoms with Gasteiger partial charge in [-0.3, -0.25) is 4.79 Å². The van der Waals surface area contributed by atoms with Crippen molar-refractivity contribution >= 4 is 29.2 Å². The Kier molecular flexibility index (Phi) is 4.21. The third-order valence-corrected chi connectivity index (χ3v) is 3.93. The number of nitrogens with zero attached hydrogens (tertiary/aromatic N) is 1. The van der Waals surface area contributed by atoms with Gasteiger partial charge in [-0.05, 0) is 36.2 Å². The van der Waals surface area contributed by atoms with Crippen LogP contribution in [-0.4, -0.2) is 30.1 Å². The van der Waals surface area contributed by atoms with E-state index in [1.54, 1.807) is 4.90 Å². The van der Waals surface area contributed by atoms with Crippen molar-refractivity contribution in [1.82, 2.24) is 0 Å². The van der Waals surface area contributed by atoms with Gasteiger partial charge in [-0.1, -0.05) is 29.8 Å². The molecule has 0 aliphatic carbocycles. The minimum absolute atomic E-state index is 0.0241. The number of carbonyl (C=O) groups is 2. The van der Waals surface area contributed by atoms with Crippen LogP contribution in [0.3, 0.4) is 0 Å². The van der Waals surface area contributed by atoms with Crippen LogP contribution >= 0.6 is 11.6 Å². The number of carbonyl (C=O) groups excluding carboxylic acids is 2. The summed E-state index contributed by atoms with van der Waals surface area (Å²) in [6, 6.07) is 11.7. The van der Waals surface area contributed by atoms with E-state index >= 15 is 0 Å². The molecule has 0 radical (unpaired) electrons. The van der Waals surface area contributed by atoms with Crippen LogP contribution in [0.15, 0.2) is 42.5 Å². The molecule has 23 heavy (non-hydrogen) atoms. The smallest absolute Gasteiger partial charge is 0.342 e. The lowest BCUT2D eigenvalue weighted by molar-refractivity contribution is -0.121. The largest absolute Gasteiger partial charge is 0.507 e. The molecule has 0 aromatic heterocycles. The van der Waals surface area contributed by atoms with Crippen molar-refractivity contribution in [2.75, 3.05) is 18.1 Å². The summed E-state index contributed by atoms with van der Waals surface area (Å²) in [5, 5.41) is 10.00. The van der Waals surface area contributed by atoms with Gasteiger partial charge in [0.2, 0.25) is 0 Å². The van der Waals surface area contributed by atoms with Gasteiger partial charge in [0.05, 0.1) is 0 Å². The van der Waals surface area contributed by atoms with Gasteiger partial charge in [0.1, 0.15) is 11.3 Å². The number of benzene rings is 2. The molecule has 0 saturated carbocycles. The van der Waals surface area contributed by atoms with Gasteiger partial charge in [-0.15, -0.1) is 0 Å². The molecule has 2 aromatic rings. The van der Waals surface area contributed by atoms with Crippen LogP contribution in [0.2, 0.25) is 5.02 Å². The van der Waals surface area contributed by atoms with Crippen LogP contribution in [0.25, 0.3) is 0 Å². The zero-order valence-electron chi connectivity index (χ0n) is 12.2. The maximum absolute atomic E-state index is 12.2. The Labute approximate surface area is 138 Å². The van der Waals surface area contributed by atoms with E-state index in [0.717, 1.165) is 17.7 Å². The Bertz CT molecular complexity index is 775. The Balaban J connectivity index is 1.65. The van der Waals surface area contributed by atoms with Crippen molar-refractivity contribution in [2.45, 2.75) is 6.42 Å². The molecule has 0 spiro atoms. The van der Waals surface area contributed by atoms with Crippen molar-refractivity contribution in [2.24, 2.45) is 0 Å². The highest BCUT2D eigenvalue weighted by Gasteiger charge is 2.25. The fourth-order valence-electron chi connectivity index (χ4n) is 2.56. The number of aromatic hydroxyl groups is 1. The molecule has 0 saturated heterocycles. The molecule has 0 atom stereocenters. The topological polar surface area (TPSA) is 66.8 Å². The number of phenolic OH excluding ortho intramolecular Hbond substituents is 1. The number of hydrogen-bond donors (Lipinski definition) is 1. The number of halogens is 1. The van der Waals surface area contributed by atoms with E-state index < -0.39 is 5.97 Å². The van der Waals surface area contributed by atoms with E-state index in [9.17, 15) is 14.7 Å². The van der Waals surface area contributed by atoms with E-state index in [1.165, 1.54) is 18.2 Å². The number of amides is 1. The second kappa shape index (κ2) is 6.30. The summed E-state index contributed by atoms with van der Waals surface area (Å²) in [6.45, 7) is 0.192. The highest BCUT2D eigenvalue weighted by atomic mass is 35.5. The van der Waals surface area contributed by atoms with Crippen LogP contribution in [0, 0.1) is 0 Å². The van der Waals surface area contributed by atoms with Gasteiger partial charge in [-0.25, -0.2) is 4.79 Å². The van der Waals surface area contributed by atoms with Crippen LogP contribution in [0.5, 0.6) is 5.75 Å². The van der Waals surface area contributed by atoms with E-state index in [0.29, 0.717) is 11.6 Å². The first-order chi connectivity index (χ1) is 11.1. The first kappa shape index (κ1) is 15.4. The standard InChI is InChI=1S/C17H14ClNO4/c18-12-5-6-13(15(20)9-12)17(22)23-10-16(21)19-8-7-11-3-1-2-4-14(11)19/h1-6,9,20H,7-8,10H2. The second-order valence-corrected chi connectivity index (χ2v) is 5.60. The van der Waals surface area contributed by atoms with Crippen molar-refractivity contribution in [1.29, 1.82) is 0 Å². The van der Waals surface area contributed by atoms with E-state index in [-0.39, 0.29) is 23.8 Å². The molecule has 1 amide bonds. The molecule has 0 fully saturated rings. The molecule has 0 bridgehead atoms. The molecule has 118 valence electrons. The molecule has 5 nitrogen and oxygen atoms in total.